The third-order valence-electron chi connectivity index (χ3n) is 7.93. The molecular formula is C35H31FN2O4. The zero-order valence-electron chi connectivity index (χ0n) is 23.3. The Hall–Kier alpha value is -4.91. The van der Waals surface area contributed by atoms with Crippen LogP contribution < -0.4 is 14.5 Å². The zero-order chi connectivity index (χ0) is 29.2. The summed E-state index contributed by atoms with van der Waals surface area (Å²) in [4.78, 5) is 30.6. The van der Waals surface area contributed by atoms with Crippen LogP contribution in [0.1, 0.15) is 41.1 Å². The number of carbonyl (C=O) groups excluding carboxylic acids is 2. The smallest absolute Gasteiger partial charge is 0.300 e. The summed E-state index contributed by atoms with van der Waals surface area (Å²) in [7, 11) is 0. The maximum absolute atomic E-state index is 15.3. The second kappa shape index (κ2) is 11.5. The molecule has 0 aliphatic carbocycles. The number of aryl methyl sites for hydroxylation is 1. The van der Waals surface area contributed by atoms with Crippen LogP contribution in [0.5, 0.6) is 5.75 Å². The highest BCUT2D eigenvalue weighted by molar-refractivity contribution is 6.51. The fourth-order valence-corrected chi connectivity index (χ4v) is 5.74. The minimum atomic E-state index is -1.14. The first kappa shape index (κ1) is 27.3. The van der Waals surface area contributed by atoms with Crippen LogP contribution in [-0.4, -0.2) is 29.9 Å². The Morgan fingerprint density at radius 2 is 1.55 bits per heavy atom. The number of hydrogen-bond acceptors (Lipinski definition) is 5. The topological polar surface area (TPSA) is 70.1 Å². The van der Waals surface area contributed by atoms with Crippen molar-refractivity contribution in [3.05, 3.63) is 131 Å². The molecule has 2 fully saturated rings. The normalized spacial score (nSPS) is 18.1. The van der Waals surface area contributed by atoms with Gasteiger partial charge in [-0.3, -0.25) is 14.5 Å². The van der Waals surface area contributed by atoms with E-state index in [1.165, 1.54) is 17.0 Å². The lowest BCUT2D eigenvalue weighted by molar-refractivity contribution is -0.132. The molecule has 0 spiro atoms. The molecular weight excluding hydrogens is 531 g/mol. The van der Waals surface area contributed by atoms with E-state index in [-0.39, 0.29) is 16.9 Å². The zero-order valence-corrected chi connectivity index (χ0v) is 23.3. The van der Waals surface area contributed by atoms with Crippen molar-refractivity contribution in [3.63, 3.8) is 0 Å². The number of ketones is 1. The van der Waals surface area contributed by atoms with Gasteiger partial charge in [-0.1, -0.05) is 48.5 Å². The number of aliphatic hydroxyl groups is 1. The number of nitrogens with zero attached hydrogens (tertiary/aromatic N) is 2. The highest BCUT2D eigenvalue weighted by atomic mass is 19.1. The van der Waals surface area contributed by atoms with Crippen LogP contribution >= 0.6 is 0 Å². The molecule has 0 bridgehead atoms. The number of halogens is 1. The quantitative estimate of drug-likeness (QED) is 0.150. The Kier molecular flexibility index (Phi) is 7.48. The second-order valence-corrected chi connectivity index (χ2v) is 10.7. The number of aliphatic hydroxyl groups excluding tert-OH is 1. The van der Waals surface area contributed by atoms with Crippen LogP contribution in [0.25, 0.3) is 5.76 Å². The van der Waals surface area contributed by atoms with Gasteiger partial charge in [-0.2, -0.15) is 0 Å². The Morgan fingerprint density at radius 3 is 2.24 bits per heavy atom. The Balaban J connectivity index is 1.38. The molecule has 4 aromatic carbocycles. The molecule has 1 unspecified atom stereocenters. The first-order valence-corrected chi connectivity index (χ1v) is 14.1. The Bertz CT molecular complexity index is 1660. The average molecular weight is 563 g/mol. The van der Waals surface area contributed by atoms with E-state index in [2.05, 4.69) is 4.90 Å². The number of carbonyl (C=O) groups is 2. The van der Waals surface area contributed by atoms with Crippen LogP contribution in [0.2, 0.25) is 0 Å². The molecule has 6 rings (SSSR count). The molecule has 1 N–H and O–H groups in total. The summed E-state index contributed by atoms with van der Waals surface area (Å²) in [6, 6.07) is 27.1. The van der Waals surface area contributed by atoms with Crippen LogP contribution in [0.15, 0.2) is 103 Å². The van der Waals surface area contributed by atoms with E-state index in [0.717, 1.165) is 42.7 Å². The predicted octanol–water partition coefficient (Wildman–Crippen LogP) is 6.94. The van der Waals surface area contributed by atoms with Crippen LogP contribution in [0.4, 0.5) is 15.8 Å². The molecule has 42 heavy (non-hydrogen) atoms. The van der Waals surface area contributed by atoms with Gasteiger partial charge >= 0.3 is 0 Å². The van der Waals surface area contributed by atoms with E-state index in [0.29, 0.717) is 23.6 Å². The van der Waals surface area contributed by atoms with Crippen molar-refractivity contribution in [2.45, 2.75) is 32.4 Å². The maximum atomic E-state index is 15.3. The van der Waals surface area contributed by atoms with Gasteiger partial charge in [0.2, 0.25) is 0 Å². The number of rotatable bonds is 7. The Morgan fingerprint density at radius 1 is 0.881 bits per heavy atom. The van der Waals surface area contributed by atoms with E-state index < -0.39 is 23.5 Å². The molecule has 2 saturated heterocycles. The molecule has 212 valence electrons. The van der Waals surface area contributed by atoms with Crippen molar-refractivity contribution in [3.8, 4) is 5.75 Å². The molecule has 2 aliphatic heterocycles. The van der Waals surface area contributed by atoms with Gasteiger partial charge in [0, 0.05) is 35.6 Å². The van der Waals surface area contributed by atoms with Gasteiger partial charge in [-0.25, -0.2) is 4.39 Å². The van der Waals surface area contributed by atoms with Crippen molar-refractivity contribution in [2.75, 3.05) is 22.9 Å². The highest BCUT2D eigenvalue weighted by Gasteiger charge is 2.47. The molecule has 2 aliphatic rings. The molecule has 7 heteroatoms. The number of ether oxygens (including phenoxy) is 1. The lowest BCUT2D eigenvalue weighted by Crippen LogP contribution is -2.30. The average Bonchev–Trinajstić information content (AvgIpc) is 3.64. The predicted molar refractivity (Wildman–Crippen MR) is 161 cm³/mol. The van der Waals surface area contributed by atoms with Gasteiger partial charge in [0.05, 0.1) is 11.6 Å². The first-order valence-electron chi connectivity index (χ1n) is 14.1. The fourth-order valence-electron chi connectivity index (χ4n) is 5.74. The van der Waals surface area contributed by atoms with E-state index in [1.54, 1.807) is 42.5 Å². The molecule has 6 nitrogen and oxygen atoms in total. The molecule has 1 amide bonds. The summed E-state index contributed by atoms with van der Waals surface area (Å²) in [6.07, 6.45) is 2.26. The molecule has 0 saturated carbocycles. The van der Waals surface area contributed by atoms with Crippen molar-refractivity contribution < 1.29 is 23.8 Å². The monoisotopic (exact) mass is 562 g/mol. The summed E-state index contributed by atoms with van der Waals surface area (Å²) in [6.45, 7) is 4.15. The van der Waals surface area contributed by atoms with Crippen LogP contribution in [0.3, 0.4) is 0 Å². The third kappa shape index (κ3) is 5.14. The van der Waals surface area contributed by atoms with Crippen molar-refractivity contribution in [1.82, 2.24) is 0 Å². The number of hydrogen-bond donors (Lipinski definition) is 1. The van der Waals surface area contributed by atoms with E-state index in [9.17, 15) is 14.7 Å². The standard InChI is InChI=1S/C35H31FN2O4/c1-23-21-25(13-18-30(23)42-22-24-9-3-2-4-10-24)33(39)31-32(28-11-5-6-12-29(28)36)38(35(41)34(31)40)27-16-14-26(15-17-27)37-19-7-8-20-37/h2-6,9-18,21,32,39H,7-8,19-20,22H2,1H3/b33-31+. The molecule has 1 atom stereocenters. The number of anilines is 2. The first-order chi connectivity index (χ1) is 20.4. The van der Waals surface area contributed by atoms with Gasteiger partial charge in [0.25, 0.3) is 11.7 Å². The SMILES string of the molecule is Cc1cc(/C(O)=C2\C(=O)C(=O)N(c3ccc(N4CCCC4)cc3)C2c2ccccc2F)ccc1OCc1ccccc1. The van der Waals surface area contributed by atoms with Crippen LogP contribution in [0, 0.1) is 12.7 Å². The number of benzene rings is 4. The van der Waals surface area contributed by atoms with Gasteiger partial charge < -0.3 is 14.7 Å². The molecule has 0 aromatic heterocycles. The van der Waals surface area contributed by atoms with Crippen molar-refractivity contribution >= 4 is 28.8 Å². The maximum Gasteiger partial charge on any atom is 0.300 e. The minimum absolute atomic E-state index is 0.126. The highest BCUT2D eigenvalue weighted by Crippen LogP contribution is 2.43. The number of Topliss-reactive ketones (excluding diaryl/α,β-unsaturated/α-hetero) is 1. The summed E-state index contributed by atoms with van der Waals surface area (Å²) in [5.74, 6) is -2.00. The van der Waals surface area contributed by atoms with E-state index >= 15 is 4.39 Å². The summed E-state index contributed by atoms with van der Waals surface area (Å²) < 4.78 is 21.2. The largest absolute Gasteiger partial charge is 0.507 e. The summed E-state index contributed by atoms with van der Waals surface area (Å²) >= 11 is 0. The lowest BCUT2D eigenvalue weighted by atomic mass is 9.94. The van der Waals surface area contributed by atoms with Crippen LogP contribution in [-0.2, 0) is 16.2 Å². The van der Waals surface area contributed by atoms with Gasteiger partial charge in [-0.15, -0.1) is 0 Å². The summed E-state index contributed by atoms with van der Waals surface area (Å²) in [5, 5.41) is 11.5. The van der Waals surface area contributed by atoms with Gasteiger partial charge in [-0.05, 0) is 79.4 Å². The van der Waals surface area contributed by atoms with E-state index in [1.807, 2.05) is 49.4 Å². The minimum Gasteiger partial charge on any atom is -0.507 e. The third-order valence-corrected chi connectivity index (χ3v) is 7.93. The van der Waals surface area contributed by atoms with Gasteiger partial charge in [0.15, 0.2) is 0 Å². The lowest BCUT2D eigenvalue weighted by Gasteiger charge is -2.26. The molecule has 4 aromatic rings. The Labute approximate surface area is 244 Å². The fraction of sp³-hybridized carbons (Fsp3) is 0.200. The molecule has 2 heterocycles. The van der Waals surface area contributed by atoms with Crippen molar-refractivity contribution in [1.29, 1.82) is 0 Å². The van der Waals surface area contributed by atoms with Gasteiger partial charge in [0.1, 0.15) is 23.9 Å². The summed E-state index contributed by atoms with van der Waals surface area (Å²) in [5.41, 5.74) is 3.54. The molecule has 0 radical (unpaired) electrons. The van der Waals surface area contributed by atoms with Crippen molar-refractivity contribution in [2.24, 2.45) is 0 Å². The second-order valence-electron chi connectivity index (χ2n) is 10.7. The van der Waals surface area contributed by atoms with E-state index in [4.69, 9.17) is 4.74 Å². The number of amides is 1.